The van der Waals surface area contributed by atoms with Crippen molar-refractivity contribution < 1.29 is 9.59 Å². The van der Waals surface area contributed by atoms with Crippen LogP contribution < -0.4 is 5.32 Å². The molecule has 3 nitrogen and oxygen atoms in total. The van der Waals surface area contributed by atoms with E-state index in [1.165, 1.54) is 64.7 Å². The Morgan fingerprint density at radius 3 is 1.34 bits per heavy atom. The highest BCUT2D eigenvalue weighted by Gasteiger charge is 2.28. The van der Waals surface area contributed by atoms with Crippen LogP contribution in [0.2, 0.25) is 0 Å². The second-order valence-electron chi connectivity index (χ2n) is 21.6. The summed E-state index contributed by atoms with van der Waals surface area (Å²) < 4.78 is 0. The van der Waals surface area contributed by atoms with Crippen molar-refractivity contribution in [3.63, 3.8) is 0 Å². The maximum absolute atomic E-state index is 12.7. The Kier molecular flexibility index (Phi) is 18.1. The van der Waals surface area contributed by atoms with Crippen LogP contribution in [0, 0.1) is 33.5 Å². The smallest absolute Gasteiger partial charge is 0.220 e. The predicted molar refractivity (Wildman–Crippen MR) is 260 cm³/mol. The molecule has 0 aliphatic rings. The topological polar surface area (TPSA) is 46.2 Å². The van der Waals surface area contributed by atoms with Crippen molar-refractivity contribution in [1.82, 2.24) is 5.32 Å². The minimum atomic E-state index is 0.180. The average Bonchev–Trinajstić information content (AvgIpc) is 3.89. The highest BCUT2D eigenvalue weighted by Crippen LogP contribution is 2.44. The summed E-state index contributed by atoms with van der Waals surface area (Å²) in [7, 11) is 0. The van der Waals surface area contributed by atoms with Crippen LogP contribution in [0.1, 0.15) is 170 Å². The molecule has 0 spiro atoms. The number of hydrogen-bond acceptors (Lipinski definition) is 6. The van der Waals surface area contributed by atoms with Crippen LogP contribution in [0.4, 0.5) is 0 Å². The molecule has 4 aromatic heterocycles. The maximum atomic E-state index is 12.7. The minimum Gasteiger partial charge on any atom is -0.356 e. The van der Waals surface area contributed by atoms with Gasteiger partial charge in [0.05, 0.1) is 0 Å². The summed E-state index contributed by atoms with van der Waals surface area (Å²) in [5.74, 6) is 1.88. The zero-order chi connectivity index (χ0) is 42.7. The molecule has 0 saturated heterocycles. The highest BCUT2D eigenvalue weighted by atomic mass is 32.1. The first kappa shape index (κ1) is 48.6. The van der Waals surface area contributed by atoms with E-state index in [-0.39, 0.29) is 5.91 Å². The molecule has 4 rings (SSSR count). The third-order valence-electron chi connectivity index (χ3n) is 10.9. The van der Waals surface area contributed by atoms with Crippen molar-refractivity contribution in [2.75, 3.05) is 6.54 Å². The van der Waals surface area contributed by atoms with Gasteiger partial charge in [0, 0.05) is 64.8 Å². The molecule has 2 atom stereocenters. The summed E-state index contributed by atoms with van der Waals surface area (Å²) in [5, 5.41) is 3.18. The normalized spacial score (nSPS) is 13.9. The Morgan fingerprint density at radius 1 is 0.517 bits per heavy atom. The van der Waals surface area contributed by atoms with Gasteiger partial charge in [0.2, 0.25) is 5.91 Å². The lowest BCUT2D eigenvalue weighted by Crippen LogP contribution is -2.27. The average molecular weight is 864 g/mol. The first-order valence-corrected chi connectivity index (χ1v) is 25.5. The zero-order valence-electron chi connectivity index (χ0n) is 38.3. The van der Waals surface area contributed by atoms with Gasteiger partial charge in [-0.25, -0.2) is 0 Å². The van der Waals surface area contributed by atoms with Gasteiger partial charge in [0.1, 0.15) is 5.78 Å². The molecule has 0 bridgehead atoms. The molecule has 0 aliphatic heterocycles. The van der Waals surface area contributed by atoms with Gasteiger partial charge in [-0.3, -0.25) is 9.59 Å². The maximum Gasteiger partial charge on any atom is 0.220 e. The number of nitrogens with one attached hydrogen (secondary N) is 1. The third-order valence-corrected chi connectivity index (χ3v) is 15.9. The Bertz CT molecular complexity index is 1720. The molecule has 1 amide bonds. The van der Waals surface area contributed by atoms with Crippen molar-refractivity contribution in [2.24, 2.45) is 33.5 Å². The van der Waals surface area contributed by atoms with E-state index in [4.69, 9.17) is 0 Å². The number of hydrogen-bond donors (Lipinski definition) is 1. The highest BCUT2D eigenvalue weighted by molar-refractivity contribution is 7.28. The van der Waals surface area contributed by atoms with Crippen molar-refractivity contribution in [3.8, 4) is 29.3 Å². The molecule has 0 aliphatic carbocycles. The number of Topliss-reactive ketones (excluding diaryl/α,β-unsaturated/α-hetero) is 1. The molecule has 0 radical (unpaired) electrons. The van der Waals surface area contributed by atoms with E-state index in [0.29, 0.717) is 52.1 Å². The van der Waals surface area contributed by atoms with E-state index in [1.54, 1.807) is 0 Å². The summed E-state index contributed by atoms with van der Waals surface area (Å²) >= 11 is 7.47. The van der Waals surface area contributed by atoms with Crippen LogP contribution in [-0.4, -0.2) is 18.2 Å². The fourth-order valence-electron chi connectivity index (χ4n) is 9.80. The second-order valence-corrected chi connectivity index (χ2v) is 26.1. The Balaban J connectivity index is 1.14. The monoisotopic (exact) mass is 863 g/mol. The Hall–Kier alpha value is -2.06. The lowest BCUT2D eigenvalue weighted by molar-refractivity contribution is -0.121. The van der Waals surface area contributed by atoms with Crippen LogP contribution in [-0.2, 0) is 22.4 Å². The van der Waals surface area contributed by atoms with E-state index >= 15 is 0 Å². The van der Waals surface area contributed by atoms with Gasteiger partial charge < -0.3 is 5.32 Å². The summed E-state index contributed by atoms with van der Waals surface area (Å²) in [6, 6.07) is 18.0. The van der Waals surface area contributed by atoms with E-state index in [0.717, 1.165) is 57.9 Å². The standard InChI is InChI=1S/C51H77NO2S4/c1-36(32-50(9,10)34-48(3,4)5)16-13-17-38(53)18-14-19-39-22-24-41(55-39)43-26-28-45(57-43)46-29-27-44(58-46)42-25-23-40(56-42)20-15-21-47(54)52-31-30-37(2)33-51(11,12)35-49(6,7)8/h22-29,36-37H,13-21,30-35H2,1-12H3,(H,52,54). The molecule has 7 heteroatoms. The van der Waals surface area contributed by atoms with Crippen molar-refractivity contribution in [1.29, 1.82) is 0 Å². The molecular formula is C51H77NO2S4. The van der Waals surface area contributed by atoms with Gasteiger partial charge in [-0.05, 0) is 146 Å². The van der Waals surface area contributed by atoms with Crippen molar-refractivity contribution in [2.45, 2.75) is 173 Å². The lowest BCUT2D eigenvalue weighted by atomic mass is 9.71. The van der Waals surface area contributed by atoms with Crippen LogP contribution in [0.3, 0.4) is 0 Å². The largest absolute Gasteiger partial charge is 0.356 e. The van der Waals surface area contributed by atoms with Crippen molar-refractivity contribution >= 4 is 57.0 Å². The van der Waals surface area contributed by atoms with Gasteiger partial charge in [0.15, 0.2) is 0 Å². The molecule has 4 aromatic rings. The van der Waals surface area contributed by atoms with Crippen LogP contribution >= 0.6 is 45.3 Å². The van der Waals surface area contributed by atoms with Crippen molar-refractivity contribution in [3.05, 3.63) is 58.3 Å². The second kappa shape index (κ2) is 21.6. The molecular weight excluding hydrogens is 787 g/mol. The summed E-state index contributed by atoms with van der Waals surface area (Å²) in [6.07, 6.45) is 13.8. The van der Waals surface area contributed by atoms with E-state index in [2.05, 4.69) is 137 Å². The first-order valence-electron chi connectivity index (χ1n) is 22.2. The number of aryl methyl sites for hydroxylation is 2. The first-order chi connectivity index (χ1) is 27.0. The lowest BCUT2D eigenvalue weighted by Gasteiger charge is -2.34. The molecule has 0 aromatic carbocycles. The van der Waals surface area contributed by atoms with Crippen LogP contribution in [0.5, 0.6) is 0 Å². The SMILES string of the molecule is CC(CCCC(=O)CCCc1ccc(-c2ccc(-c3ccc(-c4ccc(CCCC(=O)NCCC(C)CC(C)(C)CC(C)(C)C)s4)s3)s2)s1)CC(C)(C)CC(C)(C)C. The van der Waals surface area contributed by atoms with Gasteiger partial charge in [-0.1, -0.05) is 89.5 Å². The number of amides is 1. The predicted octanol–water partition coefficient (Wildman–Crippen LogP) is 16.8. The minimum absolute atomic E-state index is 0.180. The molecule has 58 heavy (non-hydrogen) atoms. The molecule has 322 valence electrons. The summed E-state index contributed by atoms with van der Waals surface area (Å²) in [4.78, 5) is 35.9. The number of ketones is 1. The molecule has 0 fully saturated rings. The van der Waals surface area contributed by atoms with Gasteiger partial charge in [-0.15, -0.1) is 45.3 Å². The third kappa shape index (κ3) is 17.9. The fraction of sp³-hybridized carbons (Fsp3) is 0.647. The Morgan fingerprint density at radius 2 is 0.897 bits per heavy atom. The number of rotatable bonds is 24. The summed E-state index contributed by atoms with van der Waals surface area (Å²) in [5.41, 5.74) is 1.37. The fourth-order valence-corrected chi connectivity index (χ4v) is 14.2. The van der Waals surface area contributed by atoms with Crippen LogP contribution in [0.25, 0.3) is 29.3 Å². The molecule has 1 N–H and O–H groups in total. The number of carbonyl (C=O) groups is 2. The number of thiophene rings is 4. The Labute approximate surface area is 370 Å². The quantitative estimate of drug-likeness (QED) is 0.0763. The van der Waals surface area contributed by atoms with E-state index in [1.807, 2.05) is 45.3 Å². The molecule has 4 heterocycles. The molecule has 0 saturated carbocycles. The summed E-state index contributed by atoms with van der Waals surface area (Å²) in [6.45, 7) is 29.0. The van der Waals surface area contributed by atoms with Gasteiger partial charge >= 0.3 is 0 Å². The van der Waals surface area contributed by atoms with Crippen LogP contribution in [0.15, 0.2) is 48.5 Å². The molecule has 2 unspecified atom stereocenters. The zero-order valence-corrected chi connectivity index (χ0v) is 41.6. The number of carbonyl (C=O) groups excluding carboxylic acids is 2. The van der Waals surface area contributed by atoms with E-state index in [9.17, 15) is 9.59 Å². The van der Waals surface area contributed by atoms with E-state index < -0.39 is 0 Å². The van der Waals surface area contributed by atoms with Gasteiger partial charge in [-0.2, -0.15) is 0 Å². The van der Waals surface area contributed by atoms with Gasteiger partial charge in [0.25, 0.3) is 0 Å².